The van der Waals surface area contributed by atoms with Crippen LogP contribution < -0.4 is 15.0 Å². The van der Waals surface area contributed by atoms with Gasteiger partial charge in [0.05, 0.1) is 12.3 Å². The molecule has 1 fully saturated rings. The second-order valence-electron chi connectivity index (χ2n) is 5.76. The summed E-state index contributed by atoms with van der Waals surface area (Å²) in [4.78, 5) is 38.2. The number of para-hydroxylation sites is 1. The van der Waals surface area contributed by atoms with Crippen LogP contribution in [-0.2, 0) is 9.59 Å². The van der Waals surface area contributed by atoms with Gasteiger partial charge in [0.2, 0.25) is 0 Å². The van der Waals surface area contributed by atoms with Gasteiger partial charge in [-0.1, -0.05) is 35.9 Å². The van der Waals surface area contributed by atoms with Gasteiger partial charge < -0.3 is 4.74 Å². The zero-order valence-corrected chi connectivity index (χ0v) is 14.5. The molecule has 132 valence electrons. The lowest BCUT2D eigenvalue weighted by Gasteiger charge is -2.26. The molecule has 4 amide bonds. The van der Waals surface area contributed by atoms with Crippen LogP contribution in [0.4, 0.5) is 10.5 Å². The SMILES string of the molecule is CCOc1ccccc1/C=C1/C(=O)NC(=O)N(c2ccc(C)cc2)C1=O. The maximum absolute atomic E-state index is 12.8. The van der Waals surface area contributed by atoms with E-state index in [9.17, 15) is 14.4 Å². The van der Waals surface area contributed by atoms with Crippen molar-refractivity contribution >= 4 is 29.6 Å². The number of ether oxygens (including phenoxy) is 1. The van der Waals surface area contributed by atoms with Gasteiger partial charge in [-0.2, -0.15) is 0 Å². The van der Waals surface area contributed by atoms with Gasteiger partial charge in [0.15, 0.2) is 0 Å². The summed E-state index contributed by atoms with van der Waals surface area (Å²) in [6.07, 6.45) is 1.44. The van der Waals surface area contributed by atoms with Gasteiger partial charge in [-0.3, -0.25) is 14.9 Å². The van der Waals surface area contributed by atoms with Gasteiger partial charge in [-0.05, 0) is 38.1 Å². The minimum Gasteiger partial charge on any atom is -0.493 e. The summed E-state index contributed by atoms with van der Waals surface area (Å²) in [5.74, 6) is -0.842. The van der Waals surface area contributed by atoms with Crippen LogP contribution in [0.5, 0.6) is 5.75 Å². The highest BCUT2D eigenvalue weighted by Crippen LogP contribution is 2.25. The Morgan fingerprint density at radius 1 is 1.04 bits per heavy atom. The van der Waals surface area contributed by atoms with Gasteiger partial charge in [-0.15, -0.1) is 0 Å². The van der Waals surface area contributed by atoms with Gasteiger partial charge in [-0.25, -0.2) is 9.69 Å². The molecule has 2 aromatic rings. The third-order valence-corrected chi connectivity index (χ3v) is 3.91. The monoisotopic (exact) mass is 350 g/mol. The lowest BCUT2D eigenvalue weighted by atomic mass is 10.1. The predicted molar refractivity (Wildman–Crippen MR) is 97.8 cm³/mol. The molecular formula is C20H18N2O4. The van der Waals surface area contributed by atoms with E-state index < -0.39 is 17.8 Å². The Hall–Kier alpha value is -3.41. The number of amides is 4. The molecule has 1 aliphatic rings. The van der Waals surface area contributed by atoms with Crippen LogP contribution in [0.1, 0.15) is 18.1 Å². The first-order valence-corrected chi connectivity index (χ1v) is 8.21. The fourth-order valence-corrected chi connectivity index (χ4v) is 2.63. The third kappa shape index (κ3) is 3.35. The molecule has 0 spiro atoms. The summed E-state index contributed by atoms with van der Waals surface area (Å²) in [5.41, 5.74) is 1.86. The fourth-order valence-electron chi connectivity index (χ4n) is 2.63. The molecule has 0 aromatic heterocycles. The average molecular weight is 350 g/mol. The van der Waals surface area contributed by atoms with Crippen LogP contribution in [0.25, 0.3) is 6.08 Å². The highest BCUT2D eigenvalue weighted by atomic mass is 16.5. The van der Waals surface area contributed by atoms with Crippen LogP contribution in [0, 0.1) is 6.92 Å². The number of barbiturate groups is 1. The van der Waals surface area contributed by atoms with E-state index >= 15 is 0 Å². The van der Waals surface area contributed by atoms with E-state index in [2.05, 4.69) is 5.32 Å². The number of imide groups is 2. The molecule has 0 bridgehead atoms. The Labute approximate surface area is 151 Å². The second kappa shape index (κ2) is 7.23. The van der Waals surface area contributed by atoms with Gasteiger partial charge in [0.25, 0.3) is 11.8 Å². The molecule has 0 unspecified atom stereocenters. The number of aryl methyl sites for hydroxylation is 1. The first kappa shape index (κ1) is 17.4. The number of carbonyl (C=O) groups excluding carboxylic acids is 3. The number of urea groups is 1. The minimum absolute atomic E-state index is 0.127. The molecule has 0 saturated carbocycles. The second-order valence-corrected chi connectivity index (χ2v) is 5.76. The Kier molecular flexibility index (Phi) is 4.84. The summed E-state index contributed by atoms with van der Waals surface area (Å²) in [5, 5.41) is 2.21. The number of anilines is 1. The predicted octanol–water partition coefficient (Wildman–Crippen LogP) is 3.06. The summed E-state index contributed by atoms with van der Waals surface area (Å²) in [6.45, 7) is 4.20. The number of hydrogen-bond donors (Lipinski definition) is 1. The summed E-state index contributed by atoms with van der Waals surface area (Å²) < 4.78 is 5.53. The Bertz CT molecular complexity index is 900. The fraction of sp³-hybridized carbons (Fsp3) is 0.150. The number of carbonyl (C=O) groups is 3. The van der Waals surface area contributed by atoms with Crippen LogP contribution >= 0.6 is 0 Å². The van der Waals surface area contributed by atoms with Crippen LogP contribution in [0.2, 0.25) is 0 Å². The van der Waals surface area contributed by atoms with Crippen molar-refractivity contribution in [3.63, 3.8) is 0 Å². The molecule has 0 atom stereocenters. The van der Waals surface area contributed by atoms with E-state index in [-0.39, 0.29) is 5.57 Å². The molecule has 1 aliphatic heterocycles. The minimum atomic E-state index is -0.765. The lowest BCUT2D eigenvalue weighted by molar-refractivity contribution is -0.122. The molecular weight excluding hydrogens is 332 g/mol. The van der Waals surface area contributed by atoms with Crippen molar-refractivity contribution in [3.8, 4) is 5.75 Å². The van der Waals surface area contributed by atoms with Gasteiger partial charge in [0, 0.05) is 5.56 Å². The van der Waals surface area contributed by atoms with Crippen molar-refractivity contribution in [2.45, 2.75) is 13.8 Å². The van der Waals surface area contributed by atoms with Crippen LogP contribution in [0.3, 0.4) is 0 Å². The first-order chi connectivity index (χ1) is 12.5. The highest BCUT2D eigenvalue weighted by molar-refractivity contribution is 6.39. The van der Waals surface area contributed by atoms with Gasteiger partial charge >= 0.3 is 6.03 Å². The molecule has 0 radical (unpaired) electrons. The number of nitrogens with zero attached hydrogens (tertiary/aromatic N) is 1. The van der Waals surface area contributed by atoms with E-state index in [0.29, 0.717) is 23.6 Å². The smallest absolute Gasteiger partial charge is 0.335 e. The molecule has 1 N–H and O–H groups in total. The third-order valence-electron chi connectivity index (χ3n) is 3.91. The number of benzene rings is 2. The molecule has 1 heterocycles. The molecule has 1 saturated heterocycles. The van der Waals surface area contributed by atoms with Crippen molar-refractivity contribution in [2.24, 2.45) is 0 Å². The molecule has 2 aromatic carbocycles. The normalized spacial score (nSPS) is 16.0. The number of rotatable bonds is 4. The van der Waals surface area contributed by atoms with Crippen LogP contribution in [-0.4, -0.2) is 24.5 Å². The average Bonchev–Trinajstić information content (AvgIpc) is 2.61. The van der Waals surface area contributed by atoms with Crippen LogP contribution in [0.15, 0.2) is 54.1 Å². The zero-order valence-electron chi connectivity index (χ0n) is 14.5. The molecule has 26 heavy (non-hydrogen) atoms. The molecule has 6 nitrogen and oxygen atoms in total. The van der Waals surface area contributed by atoms with Crippen molar-refractivity contribution in [1.82, 2.24) is 5.32 Å². The van der Waals surface area contributed by atoms with E-state index in [1.807, 2.05) is 13.8 Å². The molecule has 3 rings (SSSR count). The topological polar surface area (TPSA) is 75.7 Å². The van der Waals surface area contributed by atoms with Gasteiger partial charge in [0.1, 0.15) is 11.3 Å². The molecule has 6 heteroatoms. The maximum Gasteiger partial charge on any atom is 0.335 e. The number of nitrogens with one attached hydrogen (secondary N) is 1. The summed E-state index contributed by atoms with van der Waals surface area (Å²) in [7, 11) is 0. The van der Waals surface area contributed by atoms with E-state index in [0.717, 1.165) is 10.5 Å². The Morgan fingerprint density at radius 3 is 2.42 bits per heavy atom. The van der Waals surface area contributed by atoms with Crippen molar-refractivity contribution in [1.29, 1.82) is 0 Å². The zero-order chi connectivity index (χ0) is 18.7. The maximum atomic E-state index is 12.8. The highest BCUT2D eigenvalue weighted by Gasteiger charge is 2.36. The van der Waals surface area contributed by atoms with E-state index in [1.165, 1.54) is 6.08 Å². The van der Waals surface area contributed by atoms with E-state index in [4.69, 9.17) is 4.74 Å². The standard InChI is InChI=1S/C20H18N2O4/c1-3-26-17-7-5-4-6-14(17)12-16-18(23)21-20(25)22(19(16)24)15-10-8-13(2)9-11-15/h4-12H,3H2,1-2H3,(H,21,23,25)/b16-12-. The Balaban J connectivity index is 2.02. The number of hydrogen-bond acceptors (Lipinski definition) is 4. The van der Waals surface area contributed by atoms with Crippen molar-refractivity contribution < 1.29 is 19.1 Å². The largest absolute Gasteiger partial charge is 0.493 e. The summed E-state index contributed by atoms with van der Waals surface area (Å²) >= 11 is 0. The van der Waals surface area contributed by atoms with Crippen molar-refractivity contribution in [2.75, 3.05) is 11.5 Å². The quantitative estimate of drug-likeness (QED) is 0.679. The first-order valence-electron chi connectivity index (χ1n) is 8.21. The molecule has 0 aliphatic carbocycles. The lowest BCUT2D eigenvalue weighted by Crippen LogP contribution is -2.54. The summed E-state index contributed by atoms with van der Waals surface area (Å²) in [6, 6.07) is 13.2. The Morgan fingerprint density at radius 2 is 1.73 bits per heavy atom. The van der Waals surface area contributed by atoms with E-state index in [1.54, 1.807) is 48.5 Å². The van der Waals surface area contributed by atoms with Crippen molar-refractivity contribution in [3.05, 3.63) is 65.2 Å².